The van der Waals surface area contributed by atoms with Crippen LogP contribution in [0.1, 0.15) is 19.3 Å². The second-order valence-electron chi connectivity index (χ2n) is 6.33. The van der Waals surface area contributed by atoms with Crippen LogP contribution in [-0.4, -0.2) is 60.6 Å². The summed E-state index contributed by atoms with van der Waals surface area (Å²) < 4.78 is 11.5. The molecule has 1 amide bonds. The predicted octanol–water partition coefficient (Wildman–Crippen LogP) is 1.52. The highest BCUT2D eigenvalue weighted by molar-refractivity contribution is 5.82. The van der Waals surface area contributed by atoms with Crippen LogP contribution in [0.2, 0.25) is 0 Å². The molecule has 118 valence electrons. The largest absolute Gasteiger partial charge is 0.485 e. The number of fused-ring (bicyclic) bond motifs is 2. The first kappa shape index (κ1) is 13.9. The molecule has 5 nitrogen and oxygen atoms in total. The number of nitrogens with zero attached hydrogens (tertiary/aromatic N) is 2. The summed E-state index contributed by atoms with van der Waals surface area (Å²) in [5.41, 5.74) is 0. The monoisotopic (exact) mass is 302 g/mol. The molecule has 0 bridgehead atoms. The first-order valence-electron chi connectivity index (χ1n) is 8.22. The highest BCUT2D eigenvalue weighted by Crippen LogP contribution is 2.31. The van der Waals surface area contributed by atoms with E-state index in [9.17, 15) is 4.79 Å². The summed E-state index contributed by atoms with van der Waals surface area (Å²) in [5.74, 6) is 1.46. The molecule has 3 aliphatic heterocycles. The molecule has 2 saturated heterocycles. The highest BCUT2D eigenvalue weighted by atomic mass is 16.6. The fraction of sp³-hybridized carbons (Fsp3) is 0.588. The van der Waals surface area contributed by atoms with Gasteiger partial charge in [0, 0.05) is 25.7 Å². The van der Waals surface area contributed by atoms with Crippen molar-refractivity contribution in [1.29, 1.82) is 0 Å². The SMILES string of the molecule is O=C([C@H]1COc2ccccc2O1)N1CCN2CCCC[C@H]2C1. The maximum absolute atomic E-state index is 12.7. The van der Waals surface area contributed by atoms with Crippen LogP contribution in [0.15, 0.2) is 24.3 Å². The Bertz CT molecular complexity index is 563. The summed E-state index contributed by atoms with van der Waals surface area (Å²) in [6, 6.07) is 8.07. The number of hydrogen-bond donors (Lipinski definition) is 0. The molecule has 0 spiro atoms. The van der Waals surface area contributed by atoms with Crippen molar-refractivity contribution >= 4 is 5.91 Å². The van der Waals surface area contributed by atoms with E-state index in [2.05, 4.69) is 4.90 Å². The molecule has 3 heterocycles. The fourth-order valence-electron chi connectivity index (χ4n) is 3.70. The minimum absolute atomic E-state index is 0.0692. The Balaban J connectivity index is 1.42. The average Bonchev–Trinajstić information content (AvgIpc) is 2.60. The minimum Gasteiger partial charge on any atom is -0.485 e. The number of carbonyl (C=O) groups is 1. The Kier molecular flexibility index (Phi) is 3.66. The van der Waals surface area contributed by atoms with Gasteiger partial charge in [0.25, 0.3) is 5.91 Å². The molecule has 1 aromatic carbocycles. The number of para-hydroxylation sites is 2. The number of piperidine rings is 1. The van der Waals surface area contributed by atoms with Crippen molar-refractivity contribution in [3.8, 4) is 11.5 Å². The van der Waals surface area contributed by atoms with Gasteiger partial charge in [0.2, 0.25) is 6.10 Å². The van der Waals surface area contributed by atoms with Crippen molar-refractivity contribution in [3.05, 3.63) is 24.3 Å². The van der Waals surface area contributed by atoms with Gasteiger partial charge in [0.05, 0.1) is 0 Å². The van der Waals surface area contributed by atoms with Crippen LogP contribution in [0.25, 0.3) is 0 Å². The zero-order valence-corrected chi connectivity index (χ0v) is 12.7. The Morgan fingerprint density at radius 3 is 2.86 bits per heavy atom. The maximum atomic E-state index is 12.7. The molecule has 5 heteroatoms. The summed E-state index contributed by atoms with van der Waals surface area (Å²) in [5, 5.41) is 0. The smallest absolute Gasteiger partial charge is 0.267 e. The predicted molar refractivity (Wildman–Crippen MR) is 82.1 cm³/mol. The van der Waals surface area contributed by atoms with Crippen LogP contribution >= 0.6 is 0 Å². The van der Waals surface area contributed by atoms with Crippen molar-refractivity contribution in [2.24, 2.45) is 0 Å². The number of benzene rings is 1. The molecule has 22 heavy (non-hydrogen) atoms. The van der Waals surface area contributed by atoms with E-state index in [-0.39, 0.29) is 5.91 Å². The molecule has 1 aromatic rings. The normalized spacial score (nSPS) is 28.1. The van der Waals surface area contributed by atoms with Crippen molar-refractivity contribution in [3.63, 3.8) is 0 Å². The first-order chi connectivity index (χ1) is 10.8. The Hall–Kier alpha value is -1.75. The molecule has 0 radical (unpaired) electrons. The van der Waals surface area contributed by atoms with Crippen molar-refractivity contribution < 1.29 is 14.3 Å². The molecular formula is C17H22N2O3. The summed E-state index contributed by atoms with van der Waals surface area (Å²) in [6.07, 6.45) is 3.26. The molecule has 3 aliphatic rings. The molecule has 0 unspecified atom stereocenters. The van der Waals surface area contributed by atoms with E-state index in [0.717, 1.165) is 25.4 Å². The quantitative estimate of drug-likeness (QED) is 0.789. The topological polar surface area (TPSA) is 42.0 Å². The highest BCUT2D eigenvalue weighted by Gasteiger charge is 2.36. The molecule has 0 saturated carbocycles. The second kappa shape index (κ2) is 5.80. The zero-order chi connectivity index (χ0) is 14.9. The van der Waals surface area contributed by atoms with E-state index in [4.69, 9.17) is 9.47 Å². The van der Waals surface area contributed by atoms with Crippen LogP contribution in [0, 0.1) is 0 Å². The number of ether oxygens (including phenoxy) is 2. The Labute approximate surface area is 130 Å². The summed E-state index contributed by atoms with van der Waals surface area (Å²) in [6.45, 7) is 4.11. The van der Waals surface area contributed by atoms with Gasteiger partial charge in [0.15, 0.2) is 11.5 Å². The zero-order valence-electron chi connectivity index (χ0n) is 12.7. The average molecular weight is 302 g/mol. The third kappa shape index (κ3) is 2.54. The Morgan fingerprint density at radius 2 is 1.95 bits per heavy atom. The van der Waals surface area contributed by atoms with Gasteiger partial charge in [-0.1, -0.05) is 18.6 Å². The lowest BCUT2D eigenvalue weighted by Gasteiger charge is -2.44. The lowest BCUT2D eigenvalue weighted by Crippen LogP contribution is -2.59. The Morgan fingerprint density at radius 1 is 1.09 bits per heavy atom. The lowest BCUT2D eigenvalue weighted by atomic mass is 9.99. The van der Waals surface area contributed by atoms with E-state index in [1.54, 1.807) is 0 Å². The molecular weight excluding hydrogens is 280 g/mol. The van der Waals surface area contributed by atoms with Crippen molar-refractivity contribution in [2.75, 3.05) is 32.8 Å². The molecule has 2 atom stereocenters. The third-order valence-corrected chi connectivity index (χ3v) is 4.93. The molecule has 0 N–H and O–H groups in total. The van der Waals surface area contributed by atoms with Gasteiger partial charge >= 0.3 is 0 Å². The number of carbonyl (C=O) groups excluding carboxylic acids is 1. The number of piperazine rings is 1. The van der Waals surface area contributed by atoms with Crippen LogP contribution < -0.4 is 9.47 Å². The van der Waals surface area contributed by atoms with Crippen LogP contribution in [-0.2, 0) is 4.79 Å². The van der Waals surface area contributed by atoms with Gasteiger partial charge < -0.3 is 14.4 Å². The summed E-state index contributed by atoms with van der Waals surface area (Å²) in [7, 11) is 0. The minimum atomic E-state index is -0.509. The van der Waals surface area contributed by atoms with E-state index in [1.165, 1.54) is 25.8 Å². The molecule has 0 aromatic heterocycles. The number of hydrogen-bond acceptors (Lipinski definition) is 4. The van der Waals surface area contributed by atoms with Gasteiger partial charge in [0.1, 0.15) is 6.61 Å². The van der Waals surface area contributed by atoms with Gasteiger partial charge in [-0.15, -0.1) is 0 Å². The van der Waals surface area contributed by atoms with Gasteiger partial charge in [-0.3, -0.25) is 9.69 Å². The van der Waals surface area contributed by atoms with Crippen LogP contribution in [0.5, 0.6) is 11.5 Å². The third-order valence-electron chi connectivity index (χ3n) is 4.93. The molecule has 4 rings (SSSR count). The van der Waals surface area contributed by atoms with Crippen LogP contribution in [0.3, 0.4) is 0 Å². The number of amides is 1. The van der Waals surface area contributed by atoms with Crippen LogP contribution in [0.4, 0.5) is 0 Å². The van der Waals surface area contributed by atoms with Gasteiger partial charge in [-0.05, 0) is 31.5 Å². The number of rotatable bonds is 1. The van der Waals surface area contributed by atoms with Gasteiger partial charge in [-0.25, -0.2) is 0 Å². The van der Waals surface area contributed by atoms with Crippen molar-refractivity contribution in [2.45, 2.75) is 31.4 Å². The van der Waals surface area contributed by atoms with E-state index >= 15 is 0 Å². The second-order valence-corrected chi connectivity index (χ2v) is 6.33. The van der Waals surface area contributed by atoms with Crippen molar-refractivity contribution in [1.82, 2.24) is 9.80 Å². The van der Waals surface area contributed by atoms with E-state index in [1.807, 2.05) is 29.2 Å². The van der Waals surface area contributed by atoms with Gasteiger partial charge in [-0.2, -0.15) is 0 Å². The van der Waals surface area contributed by atoms with E-state index < -0.39 is 6.10 Å². The molecule has 0 aliphatic carbocycles. The lowest BCUT2D eigenvalue weighted by molar-refractivity contribution is -0.144. The first-order valence-corrected chi connectivity index (χ1v) is 8.22. The molecule has 2 fully saturated rings. The standard InChI is InChI=1S/C17H22N2O3/c20-17(16-12-21-14-6-1-2-7-15(14)22-16)19-10-9-18-8-4-3-5-13(18)11-19/h1-2,6-7,13,16H,3-5,8-12H2/t13-,16+/m0/s1. The summed E-state index contributed by atoms with van der Waals surface area (Å²) >= 11 is 0. The van der Waals surface area contributed by atoms with E-state index in [0.29, 0.717) is 18.4 Å². The fourth-order valence-corrected chi connectivity index (χ4v) is 3.70. The summed E-state index contributed by atoms with van der Waals surface area (Å²) in [4.78, 5) is 17.2. The maximum Gasteiger partial charge on any atom is 0.267 e.